The van der Waals surface area contributed by atoms with Crippen molar-refractivity contribution in [2.24, 2.45) is 0 Å². The molecule has 2 aromatic carbocycles. The van der Waals surface area contributed by atoms with Crippen LogP contribution in [0.1, 0.15) is 5.56 Å². The van der Waals surface area contributed by atoms with E-state index in [9.17, 15) is 5.11 Å². The maximum Gasteiger partial charge on any atom is 0.175 e. The molecule has 0 saturated carbocycles. The molecule has 3 heterocycles. The van der Waals surface area contributed by atoms with Crippen LogP contribution in [0.4, 0.5) is 0 Å². The van der Waals surface area contributed by atoms with E-state index in [0.29, 0.717) is 27.7 Å². The summed E-state index contributed by atoms with van der Waals surface area (Å²) in [6.45, 7) is 1.95. The van der Waals surface area contributed by atoms with E-state index in [2.05, 4.69) is 20.3 Å². The van der Waals surface area contributed by atoms with E-state index in [1.165, 1.54) is 0 Å². The number of halogens is 1. The van der Waals surface area contributed by atoms with Gasteiger partial charge >= 0.3 is 0 Å². The molecule has 1 N–H and O–H groups in total. The van der Waals surface area contributed by atoms with E-state index in [0.717, 1.165) is 16.6 Å². The van der Waals surface area contributed by atoms with Gasteiger partial charge in [-0.15, -0.1) is 10.2 Å². The highest BCUT2D eigenvalue weighted by molar-refractivity contribution is 6.31. The number of hydrogen-bond donors (Lipinski definition) is 1. The van der Waals surface area contributed by atoms with Crippen molar-refractivity contribution in [3.05, 3.63) is 65.6 Å². The Bertz CT molecular complexity index is 1320. The van der Waals surface area contributed by atoms with Crippen LogP contribution in [0.15, 0.2) is 55.0 Å². The molecule has 0 aliphatic carbocycles. The molecule has 0 atom stereocenters. The van der Waals surface area contributed by atoms with Gasteiger partial charge in [0.2, 0.25) is 0 Å². The average molecular weight is 377 g/mol. The molecule has 0 bridgehead atoms. The van der Waals surface area contributed by atoms with Crippen LogP contribution in [0.25, 0.3) is 33.8 Å². The lowest BCUT2D eigenvalue weighted by Crippen LogP contribution is -1.99. The summed E-state index contributed by atoms with van der Waals surface area (Å²) >= 11 is 6.25. The summed E-state index contributed by atoms with van der Waals surface area (Å²) in [5.74, 6) is 0.653. The highest BCUT2D eigenvalue weighted by Gasteiger charge is 2.17. The lowest BCUT2D eigenvalue weighted by atomic mass is 10.2. The van der Waals surface area contributed by atoms with Crippen LogP contribution in [-0.2, 0) is 0 Å². The fourth-order valence-corrected chi connectivity index (χ4v) is 3.24. The molecule has 0 saturated heterocycles. The lowest BCUT2D eigenvalue weighted by molar-refractivity contribution is 0.477. The molecule has 8 heteroatoms. The number of aromatic nitrogens is 6. The molecule has 0 amide bonds. The van der Waals surface area contributed by atoms with Crippen LogP contribution in [-0.4, -0.2) is 34.5 Å². The van der Waals surface area contributed by atoms with Gasteiger partial charge in [-0.3, -0.25) is 4.40 Å². The summed E-state index contributed by atoms with van der Waals surface area (Å²) in [5, 5.41) is 24.5. The van der Waals surface area contributed by atoms with Crippen LogP contribution in [0, 0.1) is 6.92 Å². The fourth-order valence-electron chi connectivity index (χ4n) is 3.07. The number of benzene rings is 2. The van der Waals surface area contributed by atoms with E-state index in [1.54, 1.807) is 39.8 Å². The Kier molecular flexibility index (Phi) is 3.38. The maximum atomic E-state index is 10.1. The van der Waals surface area contributed by atoms with Gasteiger partial charge in [0.1, 0.15) is 12.1 Å². The Balaban J connectivity index is 1.73. The zero-order chi connectivity index (χ0) is 18.5. The molecule has 27 heavy (non-hydrogen) atoms. The summed E-state index contributed by atoms with van der Waals surface area (Å²) in [7, 11) is 0. The van der Waals surface area contributed by atoms with E-state index >= 15 is 0 Å². The van der Waals surface area contributed by atoms with E-state index in [4.69, 9.17) is 11.6 Å². The molecule has 0 radical (unpaired) electrons. The predicted octanol–water partition coefficient (Wildman–Crippen LogP) is 3.80. The minimum absolute atomic E-state index is 0.136. The fraction of sp³-hybridized carbons (Fsp3) is 0.0526. The second kappa shape index (κ2) is 5.78. The first-order chi connectivity index (χ1) is 13.1. The van der Waals surface area contributed by atoms with Crippen LogP contribution in [0.5, 0.6) is 5.75 Å². The van der Waals surface area contributed by atoms with Crippen molar-refractivity contribution in [1.29, 1.82) is 0 Å². The van der Waals surface area contributed by atoms with Gasteiger partial charge in [-0.1, -0.05) is 29.8 Å². The largest absolute Gasteiger partial charge is 0.507 e. The van der Waals surface area contributed by atoms with Gasteiger partial charge in [0.25, 0.3) is 0 Å². The number of hydrogen-bond acceptors (Lipinski definition) is 5. The SMILES string of the molecule is Cc1ccc(-n2ncc3c2ncn2c(-c4ccccc4O)nnc32)cc1Cl. The van der Waals surface area contributed by atoms with E-state index < -0.39 is 0 Å². The second-order valence-corrected chi connectivity index (χ2v) is 6.61. The summed E-state index contributed by atoms with van der Waals surface area (Å²) in [4.78, 5) is 4.54. The standard InChI is InChI=1S/C19H13ClN6O/c1-11-6-7-12(8-15(11)20)26-17-14(9-22-26)19-24-23-18(25(19)10-21-17)13-4-2-3-5-16(13)27/h2-10,27H,1H3. The first kappa shape index (κ1) is 15.8. The molecule has 0 spiro atoms. The monoisotopic (exact) mass is 376 g/mol. The highest BCUT2D eigenvalue weighted by Crippen LogP contribution is 2.29. The van der Waals surface area contributed by atoms with Crippen LogP contribution in [0.3, 0.4) is 0 Å². The Morgan fingerprint density at radius 2 is 1.89 bits per heavy atom. The number of aromatic hydroxyl groups is 1. The molecule has 132 valence electrons. The molecule has 0 unspecified atom stereocenters. The summed E-state index contributed by atoms with van der Waals surface area (Å²) in [6.07, 6.45) is 3.34. The van der Waals surface area contributed by atoms with Crippen LogP contribution < -0.4 is 0 Å². The van der Waals surface area contributed by atoms with Gasteiger partial charge in [0.05, 0.1) is 22.8 Å². The number of aryl methyl sites for hydroxylation is 1. The van der Waals surface area contributed by atoms with E-state index in [-0.39, 0.29) is 5.75 Å². The average Bonchev–Trinajstić information content (AvgIpc) is 3.28. The topological polar surface area (TPSA) is 81.1 Å². The second-order valence-electron chi connectivity index (χ2n) is 6.21. The molecular weight excluding hydrogens is 364 g/mol. The highest BCUT2D eigenvalue weighted by atomic mass is 35.5. The quantitative estimate of drug-likeness (QED) is 0.507. The number of phenolic OH excluding ortho intramolecular Hbond substituents is 1. The lowest BCUT2D eigenvalue weighted by Gasteiger charge is -2.06. The van der Waals surface area contributed by atoms with Crippen molar-refractivity contribution in [2.45, 2.75) is 6.92 Å². The van der Waals surface area contributed by atoms with Crippen molar-refractivity contribution in [3.8, 4) is 22.8 Å². The normalized spacial score (nSPS) is 11.5. The van der Waals surface area contributed by atoms with Crippen molar-refractivity contribution in [1.82, 2.24) is 29.4 Å². The molecule has 5 rings (SSSR count). The predicted molar refractivity (Wildman–Crippen MR) is 102 cm³/mol. The summed E-state index contributed by atoms with van der Waals surface area (Å²) in [6, 6.07) is 12.7. The van der Waals surface area contributed by atoms with Gasteiger partial charge in [-0.25, -0.2) is 9.67 Å². The third kappa shape index (κ3) is 2.36. The van der Waals surface area contributed by atoms with Crippen LogP contribution >= 0.6 is 11.6 Å². The first-order valence-corrected chi connectivity index (χ1v) is 8.63. The van der Waals surface area contributed by atoms with Crippen molar-refractivity contribution >= 4 is 28.3 Å². The van der Waals surface area contributed by atoms with Crippen molar-refractivity contribution in [2.75, 3.05) is 0 Å². The molecule has 0 fully saturated rings. The molecule has 3 aromatic heterocycles. The Morgan fingerprint density at radius 3 is 2.70 bits per heavy atom. The van der Waals surface area contributed by atoms with Crippen LogP contribution in [0.2, 0.25) is 5.02 Å². The third-order valence-corrected chi connectivity index (χ3v) is 4.93. The van der Waals surface area contributed by atoms with Gasteiger partial charge in [0.15, 0.2) is 17.1 Å². The molecule has 7 nitrogen and oxygen atoms in total. The van der Waals surface area contributed by atoms with Gasteiger partial charge in [-0.05, 0) is 36.8 Å². The zero-order valence-corrected chi connectivity index (χ0v) is 15.0. The van der Waals surface area contributed by atoms with Crippen molar-refractivity contribution < 1.29 is 5.11 Å². The van der Waals surface area contributed by atoms with E-state index in [1.807, 2.05) is 31.2 Å². The molecule has 5 aromatic rings. The van der Waals surface area contributed by atoms with Gasteiger partial charge < -0.3 is 5.11 Å². The number of para-hydroxylation sites is 1. The number of phenols is 1. The Hall–Kier alpha value is -3.45. The first-order valence-electron chi connectivity index (χ1n) is 8.26. The molecule has 0 aliphatic heterocycles. The molecule has 0 aliphatic rings. The minimum atomic E-state index is 0.136. The number of fused-ring (bicyclic) bond motifs is 3. The zero-order valence-electron chi connectivity index (χ0n) is 14.2. The molecular formula is C19H13ClN6O. The third-order valence-electron chi connectivity index (χ3n) is 4.52. The van der Waals surface area contributed by atoms with Gasteiger partial charge in [0, 0.05) is 5.02 Å². The summed E-state index contributed by atoms with van der Waals surface area (Å²) in [5.41, 5.74) is 3.67. The Labute approximate surface area is 158 Å². The van der Waals surface area contributed by atoms with Gasteiger partial charge in [-0.2, -0.15) is 5.10 Å². The number of nitrogens with zero attached hydrogens (tertiary/aromatic N) is 6. The number of rotatable bonds is 2. The smallest absolute Gasteiger partial charge is 0.175 e. The summed E-state index contributed by atoms with van der Waals surface area (Å²) < 4.78 is 3.46. The van der Waals surface area contributed by atoms with Crippen molar-refractivity contribution in [3.63, 3.8) is 0 Å². The Morgan fingerprint density at radius 1 is 1.04 bits per heavy atom. The minimum Gasteiger partial charge on any atom is -0.507 e. The maximum absolute atomic E-state index is 10.1.